The first kappa shape index (κ1) is 22.5. The summed E-state index contributed by atoms with van der Waals surface area (Å²) in [4.78, 5) is 27.1. The monoisotopic (exact) mass is 427 g/mol. The molecule has 0 saturated carbocycles. The van der Waals surface area contributed by atoms with Crippen LogP contribution in [-0.2, 0) is 14.3 Å². The zero-order valence-electron chi connectivity index (χ0n) is 17.8. The number of likely N-dealkylation sites (tertiary alicyclic amines) is 1. The first-order valence-electron chi connectivity index (χ1n) is 10.1. The lowest BCUT2D eigenvalue weighted by molar-refractivity contribution is -0.140. The van der Waals surface area contributed by atoms with Crippen LogP contribution in [0.15, 0.2) is 54.1 Å². The standard InChI is InChI=1S/C24H26FNO5/c1-15(2)31-13-7-12-26-21(18-10-4-5-11-19(18)25)20(23(28)24(26)29)22(27)16-8-6-9-17(14-16)30-3/h4-6,8-11,14-15,21,27H,7,12-13H2,1-3H3/b22-20-. The van der Waals surface area contributed by atoms with Gasteiger partial charge >= 0.3 is 0 Å². The fraction of sp³-hybridized carbons (Fsp3) is 0.333. The molecule has 1 unspecified atom stereocenters. The molecule has 6 nitrogen and oxygen atoms in total. The average molecular weight is 427 g/mol. The maximum atomic E-state index is 14.7. The molecule has 1 saturated heterocycles. The Morgan fingerprint density at radius 1 is 1.16 bits per heavy atom. The van der Waals surface area contributed by atoms with Gasteiger partial charge in [-0.3, -0.25) is 9.59 Å². The molecule has 1 aliphatic heterocycles. The second kappa shape index (κ2) is 9.75. The molecule has 7 heteroatoms. The summed E-state index contributed by atoms with van der Waals surface area (Å²) in [6.07, 6.45) is 0.501. The highest BCUT2D eigenvalue weighted by atomic mass is 19.1. The molecule has 31 heavy (non-hydrogen) atoms. The predicted molar refractivity (Wildman–Crippen MR) is 114 cm³/mol. The normalized spacial score (nSPS) is 18.1. The number of hydrogen-bond donors (Lipinski definition) is 1. The quantitative estimate of drug-likeness (QED) is 0.297. The van der Waals surface area contributed by atoms with Crippen molar-refractivity contribution in [2.75, 3.05) is 20.3 Å². The number of Topliss-reactive ketones (excluding diaryl/α,β-unsaturated/α-hetero) is 1. The molecule has 1 fully saturated rings. The maximum Gasteiger partial charge on any atom is 0.295 e. The van der Waals surface area contributed by atoms with Crippen molar-refractivity contribution in [3.05, 3.63) is 71.0 Å². The molecule has 0 bridgehead atoms. The molecule has 0 aliphatic carbocycles. The molecule has 1 heterocycles. The van der Waals surface area contributed by atoms with Gasteiger partial charge in [0.25, 0.3) is 11.7 Å². The van der Waals surface area contributed by atoms with E-state index in [2.05, 4.69) is 0 Å². The Hall–Kier alpha value is -3.19. The summed E-state index contributed by atoms with van der Waals surface area (Å²) in [5.74, 6) is -2.08. The van der Waals surface area contributed by atoms with E-state index in [0.29, 0.717) is 24.3 Å². The predicted octanol–water partition coefficient (Wildman–Crippen LogP) is 4.07. The van der Waals surface area contributed by atoms with Crippen LogP contribution in [0.3, 0.4) is 0 Å². The minimum atomic E-state index is -1.04. The van der Waals surface area contributed by atoms with Gasteiger partial charge in [0.15, 0.2) is 0 Å². The highest BCUT2D eigenvalue weighted by Gasteiger charge is 2.46. The summed E-state index contributed by atoms with van der Waals surface area (Å²) in [7, 11) is 1.48. The number of halogens is 1. The van der Waals surface area contributed by atoms with Gasteiger partial charge in [0.05, 0.1) is 24.8 Å². The maximum absolute atomic E-state index is 14.7. The number of methoxy groups -OCH3 is 1. The van der Waals surface area contributed by atoms with Gasteiger partial charge in [-0.1, -0.05) is 30.3 Å². The van der Waals surface area contributed by atoms with Crippen LogP contribution in [0.25, 0.3) is 5.76 Å². The summed E-state index contributed by atoms with van der Waals surface area (Å²) in [6, 6.07) is 11.4. The van der Waals surface area contributed by atoms with Crippen molar-refractivity contribution in [1.29, 1.82) is 0 Å². The number of rotatable bonds is 8. The van der Waals surface area contributed by atoms with Crippen molar-refractivity contribution in [2.45, 2.75) is 32.4 Å². The van der Waals surface area contributed by atoms with Gasteiger partial charge in [0, 0.05) is 24.3 Å². The molecule has 3 rings (SSSR count). The van der Waals surface area contributed by atoms with Gasteiger partial charge in [-0.15, -0.1) is 0 Å². The summed E-state index contributed by atoms with van der Waals surface area (Å²) < 4.78 is 25.4. The van der Waals surface area contributed by atoms with Crippen LogP contribution in [0.1, 0.15) is 37.4 Å². The van der Waals surface area contributed by atoms with Crippen molar-refractivity contribution in [3.8, 4) is 5.75 Å². The third-order valence-electron chi connectivity index (χ3n) is 5.08. The molecule has 0 aromatic heterocycles. The number of hydrogen-bond acceptors (Lipinski definition) is 5. The van der Waals surface area contributed by atoms with E-state index in [9.17, 15) is 19.1 Å². The van der Waals surface area contributed by atoms with Crippen LogP contribution >= 0.6 is 0 Å². The van der Waals surface area contributed by atoms with Crippen LogP contribution in [-0.4, -0.2) is 48.1 Å². The number of ether oxygens (including phenoxy) is 2. The molecule has 2 aromatic rings. The first-order valence-corrected chi connectivity index (χ1v) is 10.1. The molecular formula is C24H26FNO5. The third-order valence-corrected chi connectivity index (χ3v) is 5.08. The minimum Gasteiger partial charge on any atom is -0.507 e. The number of ketones is 1. The minimum absolute atomic E-state index is 0.0332. The van der Waals surface area contributed by atoms with Crippen LogP contribution < -0.4 is 4.74 Å². The van der Waals surface area contributed by atoms with E-state index in [1.54, 1.807) is 30.3 Å². The molecular weight excluding hydrogens is 401 g/mol. The Bertz CT molecular complexity index is 1000. The lowest BCUT2D eigenvalue weighted by Crippen LogP contribution is -2.31. The SMILES string of the molecule is COc1cccc(/C(O)=C2/C(=O)C(=O)N(CCCOC(C)C)C2c2ccccc2F)c1. The Balaban J connectivity index is 2.06. The third kappa shape index (κ3) is 4.77. The Labute approximate surface area is 180 Å². The lowest BCUT2D eigenvalue weighted by atomic mass is 9.95. The molecule has 0 radical (unpaired) electrons. The van der Waals surface area contributed by atoms with Gasteiger partial charge < -0.3 is 19.5 Å². The number of carbonyl (C=O) groups is 2. The number of carbonyl (C=O) groups excluding carboxylic acids is 2. The highest BCUT2D eigenvalue weighted by Crippen LogP contribution is 2.40. The van der Waals surface area contributed by atoms with Crippen LogP contribution in [0.4, 0.5) is 4.39 Å². The van der Waals surface area contributed by atoms with Gasteiger partial charge in [-0.05, 0) is 38.5 Å². The van der Waals surface area contributed by atoms with E-state index >= 15 is 0 Å². The van der Waals surface area contributed by atoms with Crippen molar-refractivity contribution < 1.29 is 28.6 Å². The van der Waals surface area contributed by atoms with Crippen molar-refractivity contribution in [2.24, 2.45) is 0 Å². The highest BCUT2D eigenvalue weighted by molar-refractivity contribution is 6.46. The summed E-state index contributed by atoms with van der Waals surface area (Å²) >= 11 is 0. The van der Waals surface area contributed by atoms with E-state index in [1.807, 2.05) is 13.8 Å². The van der Waals surface area contributed by atoms with E-state index in [-0.39, 0.29) is 29.5 Å². The zero-order chi connectivity index (χ0) is 22.5. The Morgan fingerprint density at radius 2 is 1.90 bits per heavy atom. The number of amides is 1. The van der Waals surface area contributed by atoms with E-state index in [1.165, 1.54) is 30.2 Å². The molecule has 164 valence electrons. The number of nitrogens with zero attached hydrogens (tertiary/aromatic N) is 1. The topological polar surface area (TPSA) is 76.1 Å². The zero-order valence-corrected chi connectivity index (χ0v) is 17.8. The Kier molecular flexibility index (Phi) is 7.07. The molecule has 1 N–H and O–H groups in total. The molecule has 1 aliphatic rings. The van der Waals surface area contributed by atoms with Crippen LogP contribution in [0.5, 0.6) is 5.75 Å². The van der Waals surface area contributed by atoms with Gasteiger partial charge in [-0.25, -0.2) is 4.39 Å². The summed E-state index contributed by atoms with van der Waals surface area (Å²) in [5, 5.41) is 11.0. The lowest BCUT2D eigenvalue weighted by Gasteiger charge is -2.25. The number of aliphatic hydroxyl groups is 1. The second-order valence-electron chi connectivity index (χ2n) is 7.52. The van der Waals surface area contributed by atoms with Crippen molar-refractivity contribution in [1.82, 2.24) is 4.90 Å². The fourth-order valence-corrected chi connectivity index (χ4v) is 3.61. The molecule has 1 amide bonds. The van der Waals surface area contributed by atoms with Crippen LogP contribution in [0.2, 0.25) is 0 Å². The first-order chi connectivity index (χ1) is 14.8. The molecule has 0 spiro atoms. The largest absolute Gasteiger partial charge is 0.507 e. The van der Waals surface area contributed by atoms with Crippen LogP contribution in [0, 0.1) is 5.82 Å². The van der Waals surface area contributed by atoms with Gasteiger partial charge in [-0.2, -0.15) is 0 Å². The second-order valence-corrected chi connectivity index (χ2v) is 7.52. The average Bonchev–Trinajstić information content (AvgIpc) is 3.01. The smallest absolute Gasteiger partial charge is 0.295 e. The van der Waals surface area contributed by atoms with E-state index in [0.717, 1.165) is 0 Å². The summed E-state index contributed by atoms with van der Waals surface area (Å²) in [6.45, 7) is 4.38. The van der Waals surface area contributed by atoms with Gasteiger partial charge in [0.2, 0.25) is 0 Å². The van der Waals surface area contributed by atoms with E-state index in [4.69, 9.17) is 9.47 Å². The number of aliphatic hydroxyl groups excluding tert-OH is 1. The van der Waals surface area contributed by atoms with E-state index < -0.39 is 23.5 Å². The Morgan fingerprint density at radius 3 is 2.58 bits per heavy atom. The van der Waals surface area contributed by atoms with Crippen molar-refractivity contribution in [3.63, 3.8) is 0 Å². The molecule has 2 aromatic carbocycles. The molecule has 1 atom stereocenters. The fourth-order valence-electron chi connectivity index (χ4n) is 3.61. The van der Waals surface area contributed by atoms with Gasteiger partial charge in [0.1, 0.15) is 17.3 Å². The summed E-state index contributed by atoms with van der Waals surface area (Å²) in [5.41, 5.74) is 0.311. The van der Waals surface area contributed by atoms with Crippen molar-refractivity contribution >= 4 is 17.4 Å². The number of benzene rings is 2.